The molecule has 0 radical (unpaired) electrons. The van der Waals surface area contributed by atoms with Gasteiger partial charge in [0, 0.05) is 29.9 Å². The van der Waals surface area contributed by atoms with Gasteiger partial charge >= 0.3 is 0 Å². The molecule has 1 N–H and O–H groups in total. The molecular weight excluding hydrogens is 226 g/mol. The minimum Gasteiger partial charge on any atom is -0.388 e. The van der Waals surface area contributed by atoms with Crippen molar-refractivity contribution in [1.82, 2.24) is 9.97 Å². The van der Waals surface area contributed by atoms with Crippen LogP contribution in [0.1, 0.15) is 17.2 Å². The third-order valence-electron chi connectivity index (χ3n) is 2.42. The summed E-state index contributed by atoms with van der Waals surface area (Å²) in [6.07, 6.45) is 2.97. The summed E-state index contributed by atoms with van der Waals surface area (Å²) in [7, 11) is 0. The van der Waals surface area contributed by atoms with E-state index in [1.54, 1.807) is 0 Å². The van der Waals surface area contributed by atoms with Crippen LogP contribution in [0.5, 0.6) is 0 Å². The van der Waals surface area contributed by atoms with E-state index >= 15 is 0 Å². The average Bonchev–Trinajstić information content (AvgIpc) is 2.35. The molecule has 17 heavy (non-hydrogen) atoms. The Morgan fingerprint density at radius 3 is 2.29 bits per heavy atom. The van der Waals surface area contributed by atoms with Crippen molar-refractivity contribution in [3.63, 3.8) is 0 Å². The molecule has 0 spiro atoms. The van der Waals surface area contributed by atoms with Crippen LogP contribution in [0.4, 0.5) is 8.78 Å². The molecule has 2 rings (SSSR count). The van der Waals surface area contributed by atoms with Crippen LogP contribution in [0, 0.1) is 11.6 Å². The number of benzene rings is 1. The van der Waals surface area contributed by atoms with Crippen molar-refractivity contribution in [3.05, 3.63) is 59.7 Å². The number of aromatic nitrogens is 2. The van der Waals surface area contributed by atoms with Crippen LogP contribution in [0.3, 0.4) is 0 Å². The lowest BCUT2D eigenvalue weighted by atomic mass is 10.0. The summed E-state index contributed by atoms with van der Waals surface area (Å²) < 4.78 is 26.7. The predicted octanol–water partition coefficient (Wildman–Crippen LogP) is 2.03. The van der Waals surface area contributed by atoms with Gasteiger partial charge in [-0.3, -0.25) is 0 Å². The van der Waals surface area contributed by atoms with Crippen LogP contribution in [0.25, 0.3) is 0 Å². The molecule has 1 atom stereocenters. The summed E-state index contributed by atoms with van der Waals surface area (Å²) in [5.41, 5.74) is 0.291. The molecule has 0 saturated heterocycles. The lowest BCUT2D eigenvalue weighted by molar-refractivity contribution is 0.174. The van der Waals surface area contributed by atoms with Gasteiger partial charge in [-0.2, -0.15) is 0 Å². The third-order valence-corrected chi connectivity index (χ3v) is 2.42. The predicted molar refractivity (Wildman–Crippen MR) is 57.1 cm³/mol. The second kappa shape index (κ2) is 4.97. The molecule has 1 aromatic heterocycles. The number of halogens is 2. The topological polar surface area (TPSA) is 46.0 Å². The van der Waals surface area contributed by atoms with Gasteiger partial charge in [-0.15, -0.1) is 0 Å². The van der Waals surface area contributed by atoms with Crippen LogP contribution < -0.4 is 0 Å². The molecule has 2 aromatic rings. The zero-order valence-electron chi connectivity index (χ0n) is 8.85. The first kappa shape index (κ1) is 11.6. The van der Waals surface area contributed by atoms with E-state index in [0.717, 1.165) is 12.1 Å². The maximum Gasteiger partial charge on any atom is 0.129 e. The average molecular weight is 236 g/mol. The van der Waals surface area contributed by atoms with E-state index in [4.69, 9.17) is 0 Å². The maximum atomic E-state index is 13.3. The SMILES string of the molecule is OC(Cc1c(F)cccc1F)c1cncnc1. The number of aliphatic hydroxyl groups excluding tert-OH is 1. The normalized spacial score (nSPS) is 12.4. The maximum absolute atomic E-state index is 13.3. The molecule has 1 heterocycles. The highest BCUT2D eigenvalue weighted by Gasteiger charge is 2.15. The molecule has 0 bridgehead atoms. The van der Waals surface area contributed by atoms with Crippen molar-refractivity contribution >= 4 is 0 Å². The van der Waals surface area contributed by atoms with Gasteiger partial charge in [0.2, 0.25) is 0 Å². The Balaban J connectivity index is 2.22. The second-order valence-corrected chi connectivity index (χ2v) is 3.59. The van der Waals surface area contributed by atoms with Gasteiger partial charge in [-0.25, -0.2) is 18.7 Å². The van der Waals surface area contributed by atoms with Gasteiger partial charge in [0.1, 0.15) is 18.0 Å². The Labute approximate surface area is 96.8 Å². The van der Waals surface area contributed by atoms with E-state index in [0.29, 0.717) is 5.56 Å². The Morgan fingerprint density at radius 1 is 1.12 bits per heavy atom. The highest BCUT2D eigenvalue weighted by Crippen LogP contribution is 2.20. The Kier molecular flexibility index (Phi) is 3.39. The van der Waals surface area contributed by atoms with Crippen molar-refractivity contribution < 1.29 is 13.9 Å². The summed E-state index contributed by atoms with van der Waals surface area (Å²) in [6, 6.07) is 3.60. The molecule has 0 aliphatic heterocycles. The largest absolute Gasteiger partial charge is 0.388 e. The van der Waals surface area contributed by atoms with Gasteiger partial charge in [0.15, 0.2) is 0 Å². The second-order valence-electron chi connectivity index (χ2n) is 3.59. The zero-order valence-corrected chi connectivity index (χ0v) is 8.85. The van der Waals surface area contributed by atoms with Crippen LogP contribution >= 0.6 is 0 Å². The lowest BCUT2D eigenvalue weighted by Crippen LogP contribution is -2.06. The van der Waals surface area contributed by atoms with Crippen molar-refractivity contribution in [2.75, 3.05) is 0 Å². The quantitative estimate of drug-likeness (QED) is 0.886. The highest BCUT2D eigenvalue weighted by molar-refractivity contribution is 5.22. The van der Waals surface area contributed by atoms with Gasteiger partial charge in [0.05, 0.1) is 6.10 Å². The minimum atomic E-state index is -1.03. The molecule has 1 unspecified atom stereocenters. The van der Waals surface area contributed by atoms with E-state index in [2.05, 4.69) is 9.97 Å². The monoisotopic (exact) mass is 236 g/mol. The number of hydrogen-bond donors (Lipinski definition) is 1. The summed E-state index contributed by atoms with van der Waals surface area (Å²) in [4.78, 5) is 7.47. The first-order valence-electron chi connectivity index (χ1n) is 5.04. The first-order valence-corrected chi connectivity index (χ1v) is 5.04. The summed E-state index contributed by atoms with van der Waals surface area (Å²) in [6.45, 7) is 0. The Bertz CT molecular complexity index is 485. The van der Waals surface area contributed by atoms with E-state index in [9.17, 15) is 13.9 Å². The van der Waals surface area contributed by atoms with Gasteiger partial charge in [-0.1, -0.05) is 6.07 Å². The van der Waals surface area contributed by atoms with Crippen molar-refractivity contribution in [2.45, 2.75) is 12.5 Å². The van der Waals surface area contributed by atoms with Crippen LogP contribution in [0.2, 0.25) is 0 Å². The Morgan fingerprint density at radius 2 is 1.71 bits per heavy atom. The molecule has 1 aromatic carbocycles. The first-order chi connectivity index (χ1) is 8.18. The number of hydrogen-bond acceptors (Lipinski definition) is 3. The van der Waals surface area contributed by atoms with Crippen LogP contribution in [-0.4, -0.2) is 15.1 Å². The third kappa shape index (κ3) is 2.62. The van der Waals surface area contributed by atoms with Gasteiger partial charge in [-0.05, 0) is 12.1 Å². The Hall–Kier alpha value is -1.88. The summed E-state index contributed by atoms with van der Waals surface area (Å²) in [5.74, 6) is -1.33. The van der Waals surface area contributed by atoms with Crippen LogP contribution in [-0.2, 0) is 6.42 Å². The fraction of sp³-hybridized carbons (Fsp3) is 0.167. The van der Waals surface area contributed by atoms with E-state index in [-0.39, 0.29) is 12.0 Å². The summed E-state index contributed by atoms with van der Waals surface area (Å²) >= 11 is 0. The van der Waals surface area contributed by atoms with Crippen molar-refractivity contribution in [1.29, 1.82) is 0 Å². The standard InChI is InChI=1S/C12H10F2N2O/c13-10-2-1-3-11(14)9(10)4-12(17)8-5-15-7-16-6-8/h1-3,5-7,12,17H,4H2. The van der Waals surface area contributed by atoms with E-state index < -0.39 is 17.7 Å². The molecule has 3 nitrogen and oxygen atoms in total. The number of aliphatic hydroxyl groups is 1. The fourth-order valence-corrected chi connectivity index (χ4v) is 1.52. The van der Waals surface area contributed by atoms with Gasteiger partial charge in [0.25, 0.3) is 0 Å². The number of rotatable bonds is 3. The molecule has 0 saturated carbocycles. The molecule has 5 heteroatoms. The van der Waals surface area contributed by atoms with E-state index in [1.807, 2.05) is 0 Å². The molecular formula is C12H10F2N2O. The molecule has 0 aliphatic rings. The smallest absolute Gasteiger partial charge is 0.129 e. The van der Waals surface area contributed by atoms with Crippen molar-refractivity contribution in [3.8, 4) is 0 Å². The molecule has 0 aliphatic carbocycles. The van der Waals surface area contributed by atoms with Crippen LogP contribution in [0.15, 0.2) is 36.9 Å². The molecule has 0 fully saturated rings. The highest BCUT2D eigenvalue weighted by atomic mass is 19.1. The zero-order chi connectivity index (χ0) is 12.3. The van der Waals surface area contributed by atoms with E-state index in [1.165, 1.54) is 24.8 Å². The minimum absolute atomic E-state index is 0.135. The fourth-order valence-electron chi connectivity index (χ4n) is 1.52. The summed E-state index contributed by atoms with van der Waals surface area (Å²) in [5, 5.41) is 9.81. The van der Waals surface area contributed by atoms with Crippen molar-refractivity contribution in [2.24, 2.45) is 0 Å². The van der Waals surface area contributed by atoms with Gasteiger partial charge < -0.3 is 5.11 Å². The molecule has 0 amide bonds. The number of nitrogens with zero attached hydrogens (tertiary/aromatic N) is 2. The molecule has 88 valence electrons. The lowest BCUT2D eigenvalue weighted by Gasteiger charge is -2.11.